The highest BCUT2D eigenvalue weighted by atomic mass is 14.2. The Morgan fingerprint density at radius 1 is 0.247 bits per heavy atom. The van der Waals surface area contributed by atoms with Gasteiger partial charge in [-0.2, -0.15) is 0 Å². The summed E-state index contributed by atoms with van der Waals surface area (Å²) in [6, 6.07) is 0. The summed E-state index contributed by atoms with van der Waals surface area (Å²) < 4.78 is 0. The molecular weight excluding hydrogens is 1170 g/mol. The highest BCUT2D eigenvalue weighted by Crippen LogP contribution is 2.30. The maximum atomic E-state index is 2.36. The SMILES string of the molecule is CC(C)(C)C.CC(C)C(C)C.CC1CCCC1.CC1CCCCC1.CCC(C)(C)C.CCC(C)(C)C.CCC(C)(C)CC.CCC(C)(C)CC.CCC(C)(CC)CC.CCC(C)C.CCC(C)C.CCC(C)C(C)C.CCC(C)C(C)C.CCC1CCCC1.CCC1CCCCC1. The topological polar surface area (TPSA) is 0 Å². The van der Waals surface area contributed by atoms with Gasteiger partial charge in [-0.3, -0.25) is 0 Å². The zero-order chi connectivity index (χ0) is 79.3. The molecule has 0 heterocycles. The quantitative estimate of drug-likeness (QED) is 0.144. The third kappa shape index (κ3) is 129. The highest BCUT2D eigenvalue weighted by molar-refractivity contribution is 4.68. The van der Waals surface area contributed by atoms with E-state index in [0.29, 0.717) is 32.5 Å². The smallest absolute Gasteiger partial charge is 0.0334 e. The van der Waals surface area contributed by atoms with E-state index in [1.165, 1.54) is 212 Å². The van der Waals surface area contributed by atoms with E-state index in [1.807, 2.05) is 0 Å². The Bertz CT molecular complexity index is 1240. The van der Waals surface area contributed by atoms with Crippen molar-refractivity contribution in [3.8, 4) is 0 Å². The zero-order valence-corrected chi connectivity index (χ0v) is 79.3. The molecule has 4 fully saturated rings. The highest BCUT2D eigenvalue weighted by Gasteiger charge is 2.16. The lowest BCUT2D eigenvalue weighted by Crippen LogP contribution is -2.10. The van der Waals surface area contributed by atoms with E-state index in [9.17, 15) is 0 Å². The van der Waals surface area contributed by atoms with E-state index in [2.05, 4.69) is 318 Å². The minimum absolute atomic E-state index is 0.500. The lowest BCUT2D eigenvalue weighted by Gasteiger charge is -2.23. The van der Waals surface area contributed by atoms with Gasteiger partial charge in [0.15, 0.2) is 0 Å². The van der Waals surface area contributed by atoms with Gasteiger partial charge in [-0.25, -0.2) is 0 Å². The van der Waals surface area contributed by atoms with Crippen LogP contribution in [0.4, 0.5) is 0 Å². The molecule has 0 amide bonds. The second-order valence-corrected chi connectivity index (χ2v) is 39.4. The van der Waals surface area contributed by atoms with Gasteiger partial charge >= 0.3 is 0 Å². The maximum absolute atomic E-state index is 2.36. The predicted molar refractivity (Wildman–Crippen MR) is 470 cm³/mol. The van der Waals surface area contributed by atoms with E-state index in [1.54, 1.807) is 0 Å². The van der Waals surface area contributed by atoms with Crippen LogP contribution in [0.1, 0.15) is 530 Å². The molecule has 0 heteroatoms. The Kier molecular flexibility index (Phi) is 97.9. The lowest BCUT2D eigenvalue weighted by molar-refractivity contribution is 0.286. The van der Waals surface area contributed by atoms with Crippen LogP contribution in [-0.4, -0.2) is 0 Å². The molecule has 0 aromatic carbocycles. The normalized spacial score (nSPS) is 15.7. The van der Waals surface area contributed by atoms with Gasteiger partial charge in [-0.05, 0) is 104 Å². The zero-order valence-electron chi connectivity index (χ0n) is 79.3. The molecule has 0 aromatic heterocycles. The molecule has 0 aromatic rings. The summed E-state index contributed by atoms with van der Waals surface area (Å²) in [5.74, 6) is 11.3. The standard InChI is InChI=1S/C8H16.C8H18.2C7H14.4C7H16.C6H12.3C6H14.3C5H12/c1-2-8-6-4-3-5-7-8;1-5-8(4,6-2)7-3;1-7-5-3-2-4-6-7;1-2-7-5-3-4-6-7;2*1-5-7(3,4)6-2;2*1-5-7(4)6(2)3;1-6-4-2-3-5-6;2*1-5-6(2,3)4;1-5(2)6(3)4;1-5(2,3)4;2*1-4-5(2)3/h8H,2-7H2,1H3;5-7H2,1-4H3;2*7H,2-6H2,1H3;2*5-6H2,1-4H3;2*6-7H,5H2,1-4H3;6H,2-5H2,1H3;2*5H2,1-4H3;5-6H,1-4H3;1-4H3;2*5H,4H2,1-3H3. The Morgan fingerprint density at radius 2 is 0.423 bits per heavy atom. The van der Waals surface area contributed by atoms with Crippen molar-refractivity contribution in [2.45, 2.75) is 530 Å². The third-order valence-electron chi connectivity index (χ3n) is 22.9. The molecule has 97 heavy (non-hydrogen) atoms. The van der Waals surface area contributed by atoms with Crippen molar-refractivity contribution in [1.82, 2.24) is 0 Å². The summed E-state index contributed by atoms with van der Waals surface area (Å²) in [4.78, 5) is 0. The summed E-state index contributed by atoms with van der Waals surface area (Å²) in [6.45, 7) is 104. The van der Waals surface area contributed by atoms with Gasteiger partial charge in [-0.1, -0.05) is 530 Å². The van der Waals surface area contributed by atoms with Crippen molar-refractivity contribution < 1.29 is 0 Å². The minimum Gasteiger partial charge on any atom is -0.0651 e. The van der Waals surface area contributed by atoms with Gasteiger partial charge in [0.05, 0.1) is 0 Å². The van der Waals surface area contributed by atoms with Gasteiger partial charge in [0.25, 0.3) is 0 Å². The molecule has 2 atom stereocenters. The van der Waals surface area contributed by atoms with Gasteiger partial charge < -0.3 is 0 Å². The van der Waals surface area contributed by atoms with Crippen LogP contribution in [0.3, 0.4) is 0 Å². The first-order chi connectivity index (χ1) is 44.2. The predicted octanol–water partition coefficient (Wildman–Crippen LogP) is 38.0. The first-order valence-electron chi connectivity index (χ1n) is 44.2. The van der Waals surface area contributed by atoms with Crippen LogP contribution in [0.15, 0.2) is 0 Å². The summed E-state index contributed by atoms with van der Waals surface area (Å²) in [7, 11) is 0. The summed E-state index contributed by atoms with van der Waals surface area (Å²) in [5, 5.41) is 0. The fourth-order valence-electron chi connectivity index (χ4n) is 7.64. The third-order valence-corrected chi connectivity index (χ3v) is 22.9. The fourth-order valence-corrected chi connectivity index (χ4v) is 7.64. The molecule has 0 radical (unpaired) electrons. The van der Waals surface area contributed by atoms with Gasteiger partial charge in [-0.15, -0.1) is 0 Å². The molecule has 0 nitrogen and oxygen atoms in total. The van der Waals surface area contributed by atoms with Gasteiger partial charge in [0.1, 0.15) is 0 Å². The molecular formula is C97H216. The summed E-state index contributed by atoms with van der Waals surface area (Å²) >= 11 is 0. The molecule has 4 aliphatic rings. The second kappa shape index (κ2) is 78.6. The van der Waals surface area contributed by atoms with E-state index >= 15 is 0 Å². The van der Waals surface area contributed by atoms with Crippen LogP contribution >= 0.6 is 0 Å². The number of hydrogen-bond donors (Lipinski definition) is 0. The molecule has 4 rings (SSSR count). The molecule has 0 N–H and O–H groups in total. The van der Waals surface area contributed by atoms with Crippen LogP contribution in [0.25, 0.3) is 0 Å². The van der Waals surface area contributed by atoms with Crippen molar-refractivity contribution in [1.29, 1.82) is 0 Å². The average molecular weight is 1380 g/mol. The molecule has 4 saturated carbocycles. The second-order valence-electron chi connectivity index (χ2n) is 39.4. The van der Waals surface area contributed by atoms with Crippen LogP contribution < -0.4 is 0 Å². The Morgan fingerprint density at radius 3 is 0.474 bits per heavy atom. The van der Waals surface area contributed by atoms with Crippen LogP contribution in [0.5, 0.6) is 0 Å². The van der Waals surface area contributed by atoms with Crippen LogP contribution in [-0.2, 0) is 0 Å². The largest absolute Gasteiger partial charge is 0.0651 e. The van der Waals surface area contributed by atoms with Gasteiger partial charge in [0.2, 0.25) is 0 Å². The molecule has 604 valence electrons. The monoisotopic (exact) mass is 1380 g/mol. The van der Waals surface area contributed by atoms with Crippen LogP contribution in [0.2, 0.25) is 0 Å². The van der Waals surface area contributed by atoms with E-state index < -0.39 is 0 Å². The average Bonchev–Trinajstić information content (AvgIpc) is 3.32. The van der Waals surface area contributed by atoms with E-state index in [-0.39, 0.29) is 0 Å². The Labute approximate surface area is 630 Å². The molecule has 0 bridgehead atoms. The van der Waals surface area contributed by atoms with Crippen molar-refractivity contribution in [3.05, 3.63) is 0 Å². The molecule has 2 unspecified atom stereocenters. The molecule has 0 saturated heterocycles. The lowest BCUT2D eigenvalue weighted by atomic mass is 9.82. The number of rotatable bonds is 16. The van der Waals surface area contributed by atoms with E-state index in [0.717, 1.165) is 71.0 Å². The first-order valence-corrected chi connectivity index (χ1v) is 44.2. The minimum atomic E-state index is 0.500. The number of hydrogen-bond acceptors (Lipinski definition) is 0. The van der Waals surface area contributed by atoms with Crippen LogP contribution in [0, 0.1) is 104 Å². The molecule has 0 spiro atoms. The summed E-state index contributed by atoms with van der Waals surface area (Å²) in [6.07, 6.45) is 46.7. The summed E-state index contributed by atoms with van der Waals surface area (Å²) in [5.41, 5.74) is 3.38. The Balaban J connectivity index is -0.0000000910. The first kappa shape index (κ1) is 121. The fraction of sp³-hybridized carbons (Fsp3) is 1.00. The van der Waals surface area contributed by atoms with Gasteiger partial charge in [0, 0.05) is 0 Å². The van der Waals surface area contributed by atoms with E-state index in [4.69, 9.17) is 0 Å². The van der Waals surface area contributed by atoms with Crippen molar-refractivity contribution >= 4 is 0 Å². The van der Waals surface area contributed by atoms with Crippen molar-refractivity contribution in [3.63, 3.8) is 0 Å². The van der Waals surface area contributed by atoms with Crippen molar-refractivity contribution in [2.75, 3.05) is 0 Å². The molecule has 0 aliphatic heterocycles. The maximum Gasteiger partial charge on any atom is -0.0334 e. The van der Waals surface area contributed by atoms with Crippen molar-refractivity contribution in [2.24, 2.45) is 104 Å². The molecule has 4 aliphatic carbocycles. The Hall–Kier alpha value is 0.